The SMILES string of the molecule is O=C(C1CC1)N1CCC2(CC1)OCCC2CCOCc1ccncc1.O=C(O)C(F)(F)F. The molecule has 7 nitrogen and oxygen atoms in total. The Balaban J connectivity index is 0.000000360. The predicted octanol–water partition coefficient (Wildman–Crippen LogP) is 3.43. The number of carboxylic acid groups (broad SMARTS) is 1. The summed E-state index contributed by atoms with van der Waals surface area (Å²) in [6.45, 7) is 3.99. The van der Waals surface area contributed by atoms with E-state index in [4.69, 9.17) is 19.4 Å². The first-order chi connectivity index (χ1) is 15.2. The van der Waals surface area contributed by atoms with Gasteiger partial charge in [0.1, 0.15) is 0 Å². The second-order valence-corrected chi connectivity index (χ2v) is 8.50. The van der Waals surface area contributed by atoms with Crippen molar-refractivity contribution in [1.29, 1.82) is 0 Å². The van der Waals surface area contributed by atoms with Crippen molar-refractivity contribution < 1.29 is 37.3 Å². The van der Waals surface area contributed by atoms with Crippen LogP contribution in [0.3, 0.4) is 0 Å². The van der Waals surface area contributed by atoms with Gasteiger partial charge in [0.05, 0.1) is 12.2 Å². The minimum absolute atomic E-state index is 0.0135. The maximum Gasteiger partial charge on any atom is 0.490 e. The van der Waals surface area contributed by atoms with E-state index in [1.807, 2.05) is 12.1 Å². The Morgan fingerprint density at radius 2 is 1.81 bits per heavy atom. The van der Waals surface area contributed by atoms with Gasteiger partial charge in [-0.1, -0.05) is 0 Å². The van der Waals surface area contributed by atoms with Crippen LogP contribution in [0.5, 0.6) is 0 Å². The van der Waals surface area contributed by atoms with Crippen molar-refractivity contribution in [3.05, 3.63) is 30.1 Å². The quantitative estimate of drug-likeness (QED) is 0.657. The zero-order valence-electron chi connectivity index (χ0n) is 17.9. The molecule has 10 heteroatoms. The number of carbonyl (C=O) groups is 2. The monoisotopic (exact) mass is 458 g/mol. The highest BCUT2D eigenvalue weighted by atomic mass is 19.4. The molecule has 2 saturated heterocycles. The third-order valence-electron chi connectivity index (χ3n) is 6.32. The van der Waals surface area contributed by atoms with Crippen LogP contribution in [-0.4, -0.2) is 64.9 Å². The topological polar surface area (TPSA) is 89.0 Å². The molecule has 4 rings (SSSR count). The number of nitrogens with zero attached hydrogens (tertiary/aromatic N) is 2. The summed E-state index contributed by atoms with van der Waals surface area (Å²) in [5.41, 5.74) is 1.15. The predicted molar refractivity (Wildman–Crippen MR) is 108 cm³/mol. The molecule has 0 bridgehead atoms. The number of hydrogen-bond acceptors (Lipinski definition) is 5. The first kappa shape index (κ1) is 24.4. The van der Waals surface area contributed by atoms with Crippen molar-refractivity contribution in [3.63, 3.8) is 0 Å². The molecule has 0 radical (unpaired) electrons. The number of aliphatic carboxylic acids is 1. The number of aromatic nitrogens is 1. The Morgan fingerprint density at radius 3 is 2.38 bits per heavy atom. The number of ether oxygens (including phenoxy) is 2. The largest absolute Gasteiger partial charge is 0.490 e. The van der Waals surface area contributed by atoms with Crippen molar-refractivity contribution in [3.8, 4) is 0 Å². The number of alkyl halides is 3. The van der Waals surface area contributed by atoms with Gasteiger partial charge in [0.25, 0.3) is 0 Å². The van der Waals surface area contributed by atoms with E-state index >= 15 is 0 Å². The lowest BCUT2D eigenvalue weighted by Gasteiger charge is -2.42. The number of carbonyl (C=O) groups excluding carboxylic acids is 1. The average Bonchev–Trinajstić information content (AvgIpc) is 3.55. The third kappa shape index (κ3) is 6.65. The Labute approximate surface area is 184 Å². The van der Waals surface area contributed by atoms with Gasteiger partial charge in [-0.15, -0.1) is 0 Å². The van der Waals surface area contributed by atoms with Gasteiger partial charge in [-0.3, -0.25) is 9.78 Å². The van der Waals surface area contributed by atoms with Crippen LogP contribution in [0.25, 0.3) is 0 Å². The highest BCUT2D eigenvalue weighted by molar-refractivity contribution is 5.81. The third-order valence-corrected chi connectivity index (χ3v) is 6.32. The molecule has 2 aliphatic heterocycles. The number of carboxylic acids is 1. The Morgan fingerprint density at radius 1 is 1.19 bits per heavy atom. The molecule has 32 heavy (non-hydrogen) atoms. The van der Waals surface area contributed by atoms with Crippen molar-refractivity contribution in [2.75, 3.05) is 26.3 Å². The molecule has 1 atom stereocenters. The van der Waals surface area contributed by atoms with E-state index in [0.29, 0.717) is 24.3 Å². The fourth-order valence-electron chi connectivity index (χ4n) is 4.33. The number of amides is 1. The van der Waals surface area contributed by atoms with Crippen molar-refractivity contribution in [2.45, 2.75) is 56.9 Å². The molecule has 1 N–H and O–H groups in total. The molecule has 1 aliphatic carbocycles. The minimum Gasteiger partial charge on any atom is -0.475 e. The molecular formula is C22H29F3N2O5. The van der Waals surface area contributed by atoms with E-state index in [1.54, 1.807) is 12.4 Å². The van der Waals surface area contributed by atoms with Crippen LogP contribution in [0.2, 0.25) is 0 Å². The molecule has 178 valence electrons. The fraction of sp³-hybridized carbons (Fsp3) is 0.682. The van der Waals surface area contributed by atoms with Gasteiger partial charge in [-0.05, 0) is 62.1 Å². The molecule has 1 spiro atoms. The maximum atomic E-state index is 12.3. The van der Waals surface area contributed by atoms with Crippen LogP contribution in [-0.2, 0) is 25.7 Å². The maximum absolute atomic E-state index is 12.3. The average molecular weight is 458 g/mol. The molecule has 1 unspecified atom stereocenters. The van der Waals surface area contributed by atoms with Gasteiger partial charge in [0, 0.05) is 44.6 Å². The summed E-state index contributed by atoms with van der Waals surface area (Å²) in [5, 5.41) is 7.12. The molecule has 3 aliphatic rings. The molecule has 3 heterocycles. The molecular weight excluding hydrogens is 429 g/mol. The number of likely N-dealkylation sites (tertiary alicyclic amines) is 1. The highest BCUT2D eigenvalue weighted by Gasteiger charge is 2.47. The summed E-state index contributed by atoms with van der Waals surface area (Å²) in [6.07, 6.45) is 4.84. The lowest BCUT2D eigenvalue weighted by atomic mass is 9.78. The summed E-state index contributed by atoms with van der Waals surface area (Å²) in [6, 6.07) is 3.99. The van der Waals surface area contributed by atoms with Crippen LogP contribution in [0.15, 0.2) is 24.5 Å². The molecule has 1 saturated carbocycles. The van der Waals surface area contributed by atoms with Gasteiger partial charge in [0.15, 0.2) is 0 Å². The van der Waals surface area contributed by atoms with E-state index in [9.17, 15) is 18.0 Å². The van der Waals surface area contributed by atoms with Crippen LogP contribution >= 0.6 is 0 Å². The van der Waals surface area contributed by atoms with Gasteiger partial charge in [-0.25, -0.2) is 4.79 Å². The summed E-state index contributed by atoms with van der Waals surface area (Å²) >= 11 is 0. The molecule has 1 aromatic rings. The lowest BCUT2D eigenvalue weighted by molar-refractivity contribution is -0.192. The summed E-state index contributed by atoms with van der Waals surface area (Å²) < 4.78 is 43.8. The summed E-state index contributed by atoms with van der Waals surface area (Å²) in [4.78, 5) is 27.2. The zero-order valence-corrected chi connectivity index (χ0v) is 17.9. The number of hydrogen-bond donors (Lipinski definition) is 1. The van der Waals surface area contributed by atoms with E-state index in [1.165, 1.54) is 5.56 Å². The van der Waals surface area contributed by atoms with Crippen LogP contribution in [0.4, 0.5) is 13.2 Å². The summed E-state index contributed by atoms with van der Waals surface area (Å²) in [7, 11) is 0. The van der Waals surface area contributed by atoms with Crippen LogP contribution in [0, 0.1) is 11.8 Å². The normalized spacial score (nSPS) is 22.3. The first-order valence-corrected chi connectivity index (χ1v) is 10.9. The first-order valence-electron chi connectivity index (χ1n) is 10.9. The zero-order chi connectivity index (χ0) is 23.2. The standard InChI is InChI=1S/C20H28N2O3.C2HF3O2/c23-19(17-1-2-17)22-11-7-20(8-12-22)18(6-14-25-20)5-13-24-15-16-3-9-21-10-4-16;3-2(4,5)1(6)7/h3-4,9-10,17-18H,1-2,5-8,11-15H2;(H,6,7). The van der Waals surface area contributed by atoms with E-state index in [-0.39, 0.29) is 5.60 Å². The molecule has 1 amide bonds. The van der Waals surface area contributed by atoms with Gasteiger partial charge in [0.2, 0.25) is 5.91 Å². The highest BCUT2D eigenvalue weighted by Crippen LogP contribution is 2.43. The molecule has 1 aromatic heterocycles. The van der Waals surface area contributed by atoms with E-state index in [0.717, 1.165) is 64.8 Å². The number of piperidine rings is 1. The van der Waals surface area contributed by atoms with Crippen molar-refractivity contribution in [2.24, 2.45) is 11.8 Å². The Bertz CT molecular complexity index is 763. The lowest BCUT2D eigenvalue weighted by Crippen LogP contribution is -2.50. The van der Waals surface area contributed by atoms with E-state index in [2.05, 4.69) is 9.88 Å². The van der Waals surface area contributed by atoms with Gasteiger partial charge < -0.3 is 19.5 Å². The number of halogens is 3. The summed E-state index contributed by atoms with van der Waals surface area (Å²) in [5.74, 6) is -1.49. The second kappa shape index (κ2) is 10.6. The molecule has 0 aromatic carbocycles. The fourth-order valence-corrected chi connectivity index (χ4v) is 4.33. The minimum atomic E-state index is -5.08. The van der Waals surface area contributed by atoms with Crippen LogP contribution in [0.1, 0.15) is 44.1 Å². The van der Waals surface area contributed by atoms with Crippen molar-refractivity contribution >= 4 is 11.9 Å². The Hall–Kier alpha value is -2.20. The smallest absolute Gasteiger partial charge is 0.475 e. The van der Waals surface area contributed by atoms with Gasteiger partial charge >= 0.3 is 12.1 Å². The van der Waals surface area contributed by atoms with Crippen LogP contribution < -0.4 is 0 Å². The number of rotatable bonds is 6. The Kier molecular flexibility index (Phi) is 8.10. The van der Waals surface area contributed by atoms with Crippen molar-refractivity contribution in [1.82, 2.24) is 9.88 Å². The second-order valence-electron chi connectivity index (χ2n) is 8.50. The van der Waals surface area contributed by atoms with Gasteiger partial charge in [-0.2, -0.15) is 13.2 Å². The molecule has 3 fully saturated rings. The van der Waals surface area contributed by atoms with E-state index < -0.39 is 12.1 Å². The number of pyridine rings is 1.